The number of halogens is 1. The van der Waals surface area contributed by atoms with E-state index in [1.807, 2.05) is 0 Å². The second-order valence-electron chi connectivity index (χ2n) is 4.95. The fourth-order valence-electron chi connectivity index (χ4n) is 2.49. The van der Waals surface area contributed by atoms with E-state index in [1.165, 1.54) is 0 Å². The van der Waals surface area contributed by atoms with Crippen molar-refractivity contribution in [3.63, 3.8) is 0 Å². The second kappa shape index (κ2) is 5.92. The normalized spacial score (nSPS) is 17.2. The van der Waals surface area contributed by atoms with E-state index < -0.39 is 5.54 Å². The van der Waals surface area contributed by atoms with Crippen molar-refractivity contribution < 1.29 is 14.6 Å². The van der Waals surface area contributed by atoms with Crippen LogP contribution in [0.2, 0.25) is 0 Å². The number of nitrogens with one attached hydrogen (secondary N) is 1. The van der Waals surface area contributed by atoms with Gasteiger partial charge in [-0.1, -0.05) is 12.8 Å². The fraction of sp³-hybridized carbons (Fsp3) is 0.500. The molecule has 1 aromatic rings. The number of aliphatic hydroxyl groups excluding tert-OH is 1. The first-order valence-electron chi connectivity index (χ1n) is 6.37. The van der Waals surface area contributed by atoms with Gasteiger partial charge in [0.15, 0.2) is 0 Å². The molecule has 5 heteroatoms. The van der Waals surface area contributed by atoms with Crippen LogP contribution in [0.3, 0.4) is 0 Å². The molecular formula is C14H18BrNO3. The predicted octanol–water partition coefficient (Wildman–Crippen LogP) is 2.49. The molecule has 19 heavy (non-hydrogen) atoms. The smallest absolute Gasteiger partial charge is 0.253 e. The molecule has 1 fully saturated rings. The van der Waals surface area contributed by atoms with Crippen molar-refractivity contribution >= 4 is 21.8 Å². The van der Waals surface area contributed by atoms with Gasteiger partial charge in [0.1, 0.15) is 5.75 Å². The number of methoxy groups -OCH3 is 1. The van der Waals surface area contributed by atoms with Crippen molar-refractivity contribution in [1.29, 1.82) is 0 Å². The van der Waals surface area contributed by atoms with E-state index in [1.54, 1.807) is 25.3 Å². The van der Waals surface area contributed by atoms with Crippen LogP contribution in [0.25, 0.3) is 0 Å². The van der Waals surface area contributed by atoms with E-state index in [2.05, 4.69) is 21.2 Å². The molecule has 4 nitrogen and oxygen atoms in total. The zero-order valence-electron chi connectivity index (χ0n) is 10.9. The number of aliphatic hydroxyl groups is 1. The Hall–Kier alpha value is -1.07. The fourth-order valence-corrected chi connectivity index (χ4v) is 2.91. The average Bonchev–Trinajstić information content (AvgIpc) is 2.88. The van der Waals surface area contributed by atoms with Gasteiger partial charge in [-0.2, -0.15) is 0 Å². The third-order valence-electron chi connectivity index (χ3n) is 3.66. The molecule has 1 aliphatic rings. The number of hydrogen-bond donors (Lipinski definition) is 2. The van der Waals surface area contributed by atoms with Crippen molar-refractivity contribution in [2.45, 2.75) is 31.2 Å². The lowest BCUT2D eigenvalue weighted by molar-refractivity contribution is 0.0837. The SMILES string of the molecule is COc1ccc(Br)c(C(=O)NC2(CO)CCCC2)c1. The van der Waals surface area contributed by atoms with Crippen molar-refractivity contribution in [2.24, 2.45) is 0 Å². The van der Waals surface area contributed by atoms with Crippen LogP contribution in [0.4, 0.5) is 0 Å². The highest BCUT2D eigenvalue weighted by molar-refractivity contribution is 9.10. The number of carbonyl (C=O) groups is 1. The molecule has 0 saturated heterocycles. The van der Waals surface area contributed by atoms with Crippen molar-refractivity contribution in [3.8, 4) is 5.75 Å². The molecule has 0 bridgehead atoms. The lowest BCUT2D eigenvalue weighted by Gasteiger charge is -2.28. The zero-order chi connectivity index (χ0) is 13.9. The molecule has 0 aliphatic heterocycles. The van der Waals surface area contributed by atoms with E-state index >= 15 is 0 Å². The Kier molecular flexibility index (Phi) is 4.47. The van der Waals surface area contributed by atoms with Gasteiger partial charge in [0, 0.05) is 4.47 Å². The van der Waals surface area contributed by atoms with Gasteiger partial charge >= 0.3 is 0 Å². The third-order valence-corrected chi connectivity index (χ3v) is 4.35. The monoisotopic (exact) mass is 327 g/mol. The van der Waals surface area contributed by atoms with Crippen molar-refractivity contribution in [2.75, 3.05) is 13.7 Å². The molecule has 0 atom stereocenters. The van der Waals surface area contributed by atoms with Gasteiger partial charge < -0.3 is 15.2 Å². The van der Waals surface area contributed by atoms with E-state index in [0.717, 1.165) is 30.2 Å². The van der Waals surface area contributed by atoms with E-state index in [9.17, 15) is 9.90 Å². The molecule has 1 aromatic carbocycles. The standard InChI is InChI=1S/C14H18BrNO3/c1-19-10-4-5-12(15)11(8-10)13(18)16-14(9-17)6-2-3-7-14/h4-5,8,17H,2-3,6-7,9H2,1H3,(H,16,18). The second-order valence-corrected chi connectivity index (χ2v) is 5.80. The van der Waals surface area contributed by atoms with Crippen LogP contribution in [0, 0.1) is 0 Å². The summed E-state index contributed by atoms with van der Waals surface area (Å²) >= 11 is 3.37. The Labute approximate surface area is 121 Å². The summed E-state index contributed by atoms with van der Waals surface area (Å²) in [5, 5.41) is 12.5. The van der Waals surface area contributed by atoms with Gasteiger partial charge in [0.05, 0.1) is 24.8 Å². The minimum atomic E-state index is -0.459. The lowest BCUT2D eigenvalue weighted by atomic mass is 9.98. The molecule has 104 valence electrons. The molecule has 0 unspecified atom stereocenters. The highest BCUT2D eigenvalue weighted by Crippen LogP contribution is 2.30. The Morgan fingerprint density at radius 3 is 2.74 bits per heavy atom. The average molecular weight is 328 g/mol. The summed E-state index contributed by atoms with van der Waals surface area (Å²) in [6.45, 7) is -0.0136. The number of rotatable bonds is 4. The van der Waals surface area contributed by atoms with E-state index in [4.69, 9.17) is 4.74 Å². The van der Waals surface area contributed by atoms with Crippen LogP contribution < -0.4 is 10.1 Å². The summed E-state index contributed by atoms with van der Waals surface area (Å²) in [5.41, 5.74) is 0.0682. The summed E-state index contributed by atoms with van der Waals surface area (Å²) < 4.78 is 5.85. The van der Waals surface area contributed by atoms with Crippen LogP contribution >= 0.6 is 15.9 Å². The first-order chi connectivity index (χ1) is 9.10. The summed E-state index contributed by atoms with van der Waals surface area (Å²) in [6.07, 6.45) is 3.74. The highest BCUT2D eigenvalue weighted by atomic mass is 79.9. The number of hydrogen-bond acceptors (Lipinski definition) is 3. The first kappa shape index (κ1) is 14.3. The van der Waals surface area contributed by atoms with Crippen LogP contribution in [0.15, 0.2) is 22.7 Å². The molecule has 0 heterocycles. The van der Waals surface area contributed by atoms with E-state index in [0.29, 0.717) is 11.3 Å². The lowest BCUT2D eigenvalue weighted by Crippen LogP contribution is -2.49. The Bertz CT molecular complexity index is 470. The van der Waals surface area contributed by atoms with Gasteiger partial charge in [-0.25, -0.2) is 0 Å². The van der Waals surface area contributed by atoms with Crippen LogP contribution in [0.5, 0.6) is 5.75 Å². The molecule has 0 aromatic heterocycles. The maximum absolute atomic E-state index is 12.3. The Morgan fingerprint density at radius 1 is 1.47 bits per heavy atom. The van der Waals surface area contributed by atoms with Crippen molar-refractivity contribution in [3.05, 3.63) is 28.2 Å². The van der Waals surface area contributed by atoms with Gasteiger partial charge in [0.25, 0.3) is 5.91 Å². The summed E-state index contributed by atoms with van der Waals surface area (Å²) in [4.78, 5) is 12.3. The molecule has 2 rings (SSSR count). The van der Waals surface area contributed by atoms with Gasteiger partial charge in [-0.05, 0) is 47.0 Å². The third kappa shape index (κ3) is 3.09. The number of carbonyl (C=O) groups excluding carboxylic acids is 1. The van der Waals surface area contributed by atoms with Crippen molar-refractivity contribution in [1.82, 2.24) is 5.32 Å². The topological polar surface area (TPSA) is 58.6 Å². The Morgan fingerprint density at radius 2 is 2.16 bits per heavy atom. The summed E-state index contributed by atoms with van der Waals surface area (Å²) in [7, 11) is 1.57. The minimum absolute atomic E-state index is 0.0136. The molecule has 1 amide bonds. The van der Waals surface area contributed by atoms with Crippen LogP contribution in [-0.4, -0.2) is 30.3 Å². The van der Waals surface area contributed by atoms with Gasteiger partial charge in [0.2, 0.25) is 0 Å². The number of benzene rings is 1. The maximum Gasteiger partial charge on any atom is 0.253 e. The maximum atomic E-state index is 12.3. The largest absolute Gasteiger partial charge is 0.497 e. The molecule has 0 radical (unpaired) electrons. The Balaban J connectivity index is 2.19. The molecule has 1 saturated carbocycles. The molecular weight excluding hydrogens is 310 g/mol. The van der Waals surface area contributed by atoms with E-state index in [-0.39, 0.29) is 12.5 Å². The molecule has 2 N–H and O–H groups in total. The van der Waals surface area contributed by atoms with Crippen LogP contribution in [0.1, 0.15) is 36.0 Å². The minimum Gasteiger partial charge on any atom is -0.497 e. The molecule has 1 aliphatic carbocycles. The summed E-state index contributed by atoms with van der Waals surface area (Å²) in [5.74, 6) is 0.458. The quantitative estimate of drug-likeness (QED) is 0.893. The highest BCUT2D eigenvalue weighted by Gasteiger charge is 2.35. The summed E-state index contributed by atoms with van der Waals surface area (Å²) in [6, 6.07) is 5.27. The number of ether oxygens (including phenoxy) is 1. The first-order valence-corrected chi connectivity index (χ1v) is 7.16. The van der Waals surface area contributed by atoms with Gasteiger partial charge in [-0.3, -0.25) is 4.79 Å². The number of amides is 1. The van der Waals surface area contributed by atoms with Gasteiger partial charge in [-0.15, -0.1) is 0 Å². The predicted molar refractivity (Wildman–Crippen MR) is 76.4 cm³/mol. The van der Waals surface area contributed by atoms with Crippen LogP contribution in [-0.2, 0) is 0 Å². The molecule has 0 spiro atoms. The zero-order valence-corrected chi connectivity index (χ0v) is 12.5.